The van der Waals surface area contributed by atoms with Gasteiger partial charge in [-0.2, -0.15) is 0 Å². The molecule has 1 aromatic carbocycles. The van der Waals surface area contributed by atoms with Crippen LogP contribution in [0, 0.1) is 18.8 Å². The molecule has 24 heavy (non-hydrogen) atoms. The zero-order valence-corrected chi connectivity index (χ0v) is 14.5. The first kappa shape index (κ1) is 18.2. The molecule has 1 aromatic heterocycles. The molecule has 1 heterocycles. The smallest absolute Gasteiger partial charge is 0.349 e. The molecule has 0 aliphatic heterocycles. The van der Waals surface area contributed by atoms with Gasteiger partial charge >= 0.3 is 5.63 Å². The Morgan fingerprint density at radius 1 is 1.29 bits per heavy atom. The highest BCUT2D eigenvalue weighted by Gasteiger charge is 2.19. The highest BCUT2D eigenvalue weighted by atomic mass is 16.4. The van der Waals surface area contributed by atoms with E-state index in [2.05, 4.69) is 19.2 Å². The molecule has 2 N–H and O–H groups in total. The van der Waals surface area contributed by atoms with E-state index in [0.717, 1.165) is 11.8 Å². The lowest BCUT2D eigenvalue weighted by atomic mass is 9.94. The van der Waals surface area contributed by atoms with E-state index in [4.69, 9.17) is 9.52 Å². The molecular weight excluding hydrogens is 306 g/mol. The van der Waals surface area contributed by atoms with Crippen molar-refractivity contribution in [2.45, 2.75) is 33.6 Å². The first-order valence-corrected chi connectivity index (χ1v) is 8.35. The predicted molar refractivity (Wildman–Crippen MR) is 94.2 cm³/mol. The van der Waals surface area contributed by atoms with Crippen LogP contribution in [0.3, 0.4) is 0 Å². The molecule has 0 fully saturated rings. The summed E-state index contributed by atoms with van der Waals surface area (Å²) < 4.78 is 5.26. The van der Waals surface area contributed by atoms with Crippen molar-refractivity contribution in [3.05, 3.63) is 45.8 Å². The minimum atomic E-state index is -0.619. The zero-order valence-electron chi connectivity index (χ0n) is 14.5. The first-order valence-electron chi connectivity index (χ1n) is 8.35. The number of para-hydroxylation sites is 1. The standard InChI is InChI=1S/C19H25NO4/c1-12(2)10-14(8-9-21)11-20-18(22)17-13(3)15-6-4-5-7-16(15)24-19(17)23/h4-7,12,14,21H,8-11H2,1-3H3,(H,20,22). The monoisotopic (exact) mass is 331 g/mol. The Morgan fingerprint density at radius 3 is 2.67 bits per heavy atom. The number of hydrogen-bond acceptors (Lipinski definition) is 4. The van der Waals surface area contributed by atoms with Gasteiger partial charge < -0.3 is 14.8 Å². The van der Waals surface area contributed by atoms with Gasteiger partial charge in [-0.1, -0.05) is 32.0 Å². The van der Waals surface area contributed by atoms with Gasteiger partial charge in [0.05, 0.1) is 0 Å². The number of fused-ring (bicyclic) bond motifs is 1. The number of amides is 1. The molecule has 2 aromatic rings. The highest BCUT2D eigenvalue weighted by Crippen LogP contribution is 2.19. The molecule has 0 spiro atoms. The Morgan fingerprint density at radius 2 is 2.00 bits per heavy atom. The van der Waals surface area contributed by atoms with Gasteiger partial charge in [0.1, 0.15) is 11.1 Å². The van der Waals surface area contributed by atoms with Gasteiger partial charge in [-0.3, -0.25) is 4.79 Å². The molecule has 0 saturated heterocycles. The quantitative estimate of drug-likeness (QED) is 0.765. The maximum atomic E-state index is 12.5. The normalized spacial score (nSPS) is 12.5. The summed E-state index contributed by atoms with van der Waals surface area (Å²) in [6.45, 7) is 6.49. The van der Waals surface area contributed by atoms with Crippen LogP contribution < -0.4 is 10.9 Å². The third-order valence-electron chi connectivity index (χ3n) is 4.19. The third-order valence-corrected chi connectivity index (χ3v) is 4.19. The van der Waals surface area contributed by atoms with E-state index in [-0.39, 0.29) is 18.1 Å². The molecular formula is C19H25NO4. The van der Waals surface area contributed by atoms with Crippen LogP contribution in [-0.4, -0.2) is 24.2 Å². The summed E-state index contributed by atoms with van der Waals surface area (Å²) in [5, 5.41) is 12.7. The third kappa shape index (κ3) is 4.23. The Hall–Kier alpha value is -2.14. The number of hydrogen-bond donors (Lipinski definition) is 2. The van der Waals surface area contributed by atoms with Crippen molar-refractivity contribution in [1.82, 2.24) is 5.32 Å². The second-order valence-corrected chi connectivity index (χ2v) is 6.60. The topological polar surface area (TPSA) is 79.5 Å². The van der Waals surface area contributed by atoms with Crippen LogP contribution in [0.15, 0.2) is 33.5 Å². The van der Waals surface area contributed by atoms with Crippen LogP contribution in [0.2, 0.25) is 0 Å². The maximum absolute atomic E-state index is 12.5. The Balaban J connectivity index is 2.20. The Labute approximate surface area is 141 Å². The molecule has 1 unspecified atom stereocenters. The van der Waals surface area contributed by atoms with Crippen molar-refractivity contribution in [3.63, 3.8) is 0 Å². The van der Waals surface area contributed by atoms with Gasteiger partial charge in [-0.15, -0.1) is 0 Å². The van der Waals surface area contributed by atoms with Crippen molar-refractivity contribution >= 4 is 16.9 Å². The van der Waals surface area contributed by atoms with Gasteiger partial charge in [-0.05, 0) is 43.2 Å². The summed E-state index contributed by atoms with van der Waals surface area (Å²) in [6.07, 6.45) is 1.54. The van der Waals surface area contributed by atoms with Gasteiger partial charge in [0.2, 0.25) is 0 Å². The second kappa shape index (κ2) is 8.11. The highest BCUT2D eigenvalue weighted by molar-refractivity contribution is 5.99. The lowest BCUT2D eigenvalue weighted by molar-refractivity contribution is 0.0937. The fraction of sp³-hybridized carbons (Fsp3) is 0.474. The molecule has 0 bridgehead atoms. The van der Waals surface area contributed by atoms with E-state index in [9.17, 15) is 9.59 Å². The molecule has 130 valence electrons. The lowest BCUT2D eigenvalue weighted by Gasteiger charge is -2.18. The van der Waals surface area contributed by atoms with Crippen molar-refractivity contribution < 1.29 is 14.3 Å². The average Bonchev–Trinajstić information content (AvgIpc) is 2.52. The summed E-state index contributed by atoms with van der Waals surface area (Å²) in [5.41, 5.74) is 0.545. The van der Waals surface area contributed by atoms with Crippen molar-refractivity contribution in [3.8, 4) is 0 Å². The summed E-state index contributed by atoms with van der Waals surface area (Å²) in [7, 11) is 0. The zero-order chi connectivity index (χ0) is 17.7. The largest absolute Gasteiger partial charge is 0.422 e. The fourth-order valence-electron chi connectivity index (χ4n) is 3.05. The van der Waals surface area contributed by atoms with Gasteiger partial charge in [0.25, 0.3) is 5.91 Å². The SMILES string of the molecule is Cc1c(C(=O)NCC(CCO)CC(C)C)c(=O)oc2ccccc12. The fourth-order valence-corrected chi connectivity index (χ4v) is 3.05. The second-order valence-electron chi connectivity index (χ2n) is 6.60. The van der Waals surface area contributed by atoms with Gasteiger partial charge in [-0.25, -0.2) is 4.79 Å². The van der Waals surface area contributed by atoms with Crippen molar-refractivity contribution in [1.29, 1.82) is 0 Å². The Kier molecular flexibility index (Phi) is 6.15. The number of benzene rings is 1. The maximum Gasteiger partial charge on any atom is 0.349 e. The van der Waals surface area contributed by atoms with Crippen molar-refractivity contribution in [2.24, 2.45) is 11.8 Å². The van der Waals surface area contributed by atoms with Gasteiger partial charge in [0.15, 0.2) is 0 Å². The number of aliphatic hydroxyl groups excluding tert-OH is 1. The van der Waals surface area contributed by atoms with Crippen LogP contribution in [0.4, 0.5) is 0 Å². The summed E-state index contributed by atoms with van der Waals surface area (Å²) in [5.74, 6) is 0.247. The number of nitrogens with one attached hydrogen (secondary N) is 1. The molecule has 5 nitrogen and oxygen atoms in total. The summed E-state index contributed by atoms with van der Waals surface area (Å²) >= 11 is 0. The van der Waals surface area contributed by atoms with E-state index < -0.39 is 11.5 Å². The van der Waals surface area contributed by atoms with Crippen LogP contribution in [-0.2, 0) is 0 Å². The molecule has 2 rings (SSSR count). The molecule has 0 aliphatic rings. The minimum Gasteiger partial charge on any atom is -0.422 e. The van der Waals surface area contributed by atoms with Crippen LogP contribution in [0.25, 0.3) is 11.0 Å². The number of rotatable bonds is 7. The number of aryl methyl sites for hydroxylation is 1. The number of aliphatic hydroxyl groups is 1. The molecule has 0 radical (unpaired) electrons. The van der Waals surface area contributed by atoms with Crippen LogP contribution in [0.1, 0.15) is 42.6 Å². The molecule has 1 amide bonds. The van der Waals surface area contributed by atoms with Gasteiger partial charge in [0, 0.05) is 18.5 Å². The Bertz CT molecular complexity index is 764. The van der Waals surface area contributed by atoms with E-state index in [1.807, 2.05) is 12.1 Å². The minimum absolute atomic E-state index is 0.0565. The van der Waals surface area contributed by atoms with Crippen molar-refractivity contribution in [2.75, 3.05) is 13.2 Å². The van der Waals surface area contributed by atoms with E-state index in [0.29, 0.717) is 30.0 Å². The molecule has 5 heteroatoms. The first-order chi connectivity index (χ1) is 11.4. The van der Waals surface area contributed by atoms with Crippen LogP contribution >= 0.6 is 0 Å². The lowest BCUT2D eigenvalue weighted by Crippen LogP contribution is -2.34. The molecule has 1 atom stereocenters. The molecule has 0 saturated carbocycles. The van der Waals surface area contributed by atoms with E-state index >= 15 is 0 Å². The number of carbonyl (C=O) groups excluding carboxylic acids is 1. The number of carbonyl (C=O) groups is 1. The van der Waals surface area contributed by atoms with E-state index in [1.54, 1.807) is 19.1 Å². The molecule has 0 aliphatic carbocycles. The predicted octanol–water partition coefficient (Wildman–Crippen LogP) is 2.88. The van der Waals surface area contributed by atoms with E-state index in [1.165, 1.54) is 0 Å². The van der Waals surface area contributed by atoms with Crippen LogP contribution in [0.5, 0.6) is 0 Å². The summed E-state index contributed by atoms with van der Waals surface area (Å²) in [6, 6.07) is 7.18. The average molecular weight is 331 g/mol. The summed E-state index contributed by atoms with van der Waals surface area (Å²) in [4.78, 5) is 24.7.